The van der Waals surface area contributed by atoms with Crippen molar-refractivity contribution >= 4 is 0 Å². The van der Waals surface area contributed by atoms with Crippen molar-refractivity contribution in [1.29, 1.82) is 0 Å². The Morgan fingerprint density at radius 2 is 0.357 bits per heavy atom. The smallest absolute Gasteiger partial charge is 0.0628 e. The van der Waals surface area contributed by atoms with Crippen LogP contribution in [0, 0.1) is 47.3 Å². The van der Waals surface area contributed by atoms with E-state index in [1.54, 1.807) is 0 Å². The predicted octanol–water partition coefficient (Wildman–Crippen LogP) is 2.60. The number of hydrogen-bond donors (Lipinski definition) is 8. The van der Waals surface area contributed by atoms with Crippen LogP contribution < -0.4 is 42.5 Å². The molecule has 8 unspecified atom stereocenters. The van der Waals surface area contributed by atoms with Crippen LogP contribution in [0.3, 0.4) is 0 Å². The van der Waals surface area contributed by atoms with Gasteiger partial charge in [0.2, 0.25) is 0 Å². The normalized spacial score (nSPS) is 54.9. The molecule has 10 heteroatoms. The summed E-state index contributed by atoms with van der Waals surface area (Å²) < 4.78 is 0. The standard InChI is InChI=1S/C32H56N8.Cu.Zn/c1-2-10-18-17(9-1)25-33-26(18)38-28-21-13-5-6-14-22(21)30(35-28)40-32-24-16-8-7-15-23(24)31(36-32)39-29-20-12-4-3-11-19(20)27(34-29)37-25;;/h17-40H,1-16H2;;. The second kappa shape index (κ2) is 13.1. The summed E-state index contributed by atoms with van der Waals surface area (Å²) in [5, 5.41) is 33.8. The first-order valence-corrected chi connectivity index (χ1v) is 17.9. The monoisotopic (exact) mass is 679 g/mol. The minimum absolute atomic E-state index is 0. The molecule has 0 aromatic carbocycles. The molecule has 8 bridgehead atoms. The van der Waals surface area contributed by atoms with Gasteiger partial charge in [-0.2, -0.15) is 0 Å². The van der Waals surface area contributed by atoms with E-state index in [1.165, 1.54) is 103 Å². The molecule has 9 aliphatic rings. The fraction of sp³-hybridized carbons (Fsp3) is 1.00. The Balaban J connectivity index is 0.00000144. The van der Waals surface area contributed by atoms with Gasteiger partial charge in [0.25, 0.3) is 0 Å². The van der Waals surface area contributed by atoms with Gasteiger partial charge in [0.05, 0.1) is 49.3 Å². The Morgan fingerprint density at radius 1 is 0.238 bits per heavy atom. The Kier molecular flexibility index (Phi) is 9.83. The molecule has 9 rings (SSSR count). The molecule has 8 N–H and O–H groups in total. The maximum absolute atomic E-state index is 4.26. The van der Waals surface area contributed by atoms with E-state index in [2.05, 4.69) is 42.5 Å². The molecular weight excluding hydrogens is 625 g/mol. The fourth-order valence-corrected chi connectivity index (χ4v) is 12.0. The molecule has 0 aromatic rings. The minimum atomic E-state index is 0. The first-order chi connectivity index (χ1) is 19.8. The molecule has 0 amide bonds. The van der Waals surface area contributed by atoms with Crippen LogP contribution >= 0.6 is 0 Å². The summed E-state index contributed by atoms with van der Waals surface area (Å²) in [5.74, 6) is 5.97. The van der Waals surface area contributed by atoms with Crippen molar-refractivity contribution in [3.63, 3.8) is 0 Å². The van der Waals surface area contributed by atoms with Crippen molar-refractivity contribution in [3.8, 4) is 0 Å². The molecule has 0 spiro atoms. The zero-order valence-corrected chi connectivity index (χ0v) is 29.5. The van der Waals surface area contributed by atoms with E-state index < -0.39 is 0 Å². The molecule has 4 aliphatic carbocycles. The molecule has 0 aromatic heterocycles. The Labute approximate surface area is 277 Å². The van der Waals surface area contributed by atoms with Crippen LogP contribution in [0.15, 0.2) is 0 Å². The molecule has 42 heavy (non-hydrogen) atoms. The van der Waals surface area contributed by atoms with Crippen molar-refractivity contribution < 1.29 is 36.5 Å². The van der Waals surface area contributed by atoms with Gasteiger partial charge in [-0.1, -0.05) is 51.4 Å². The SMILES string of the molecule is C1CCC2C3NC(NC4NC(NC5NC(NC6NC(N3)C3CCCCC63)C3CCCCC53)C3CCCCC43)C2C1.[Cu].[Zn]. The van der Waals surface area contributed by atoms with Gasteiger partial charge < -0.3 is 0 Å². The number of rotatable bonds is 0. The molecule has 5 heterocycles. The summed E-state index contributed by atoms with van der Waals surface area (Å²) in [4.78, 5) is 0. The zero-order valence-electron chi connectivity index (χ0n) is 25.6. The number of nitrogens with one attached hydrogen (secondary N) is 8. The van der Waals surface area contributed by atoms with E-state index in [0.29, 0.717) is 49.3 Å². The third-order valence-electron chi connectivity index (χ3n) is 13.8. The second-order valence-corrected chi connectivity index (χ2v) is 15.6. The summed E-state index contributed by atoms with van der Waals surface area (Å²) in [6.45, 7) is 0. The van der Waals surface area contributed by atoms with Crippen molar-refractivity contribution in [2.45, 2.75) is 152 Å². The van der Waals surface area contributed by atoms with Gasteiger partial charge in [-0.3, -0.25) is 42.5 Å². The maximum Gasteiger partial charge on any atom is 0.0628 e. The maximum atomic E-state index is 4.26. The van der Waals surface area contributed by atoms with Crippen LogP contribution in [0.4, 0.5) is 0 Å². The molecule has 8 nitrogen and oxygen atoms in total. The van der Waals surface area contributed by atoms with Crippen molar-refractivity contribution in [2.24, 2.45) is 47.3 Å². The van der Waals surface area contributed by atoms with Gasteiger partial charge >= 0.3 is 0 Å². The van der Waals surface area contributed by atoms with E-state index in [1.807, 2.05) is 0 Å². The van der Waals surface area contributed by atoms with Crippen molar-refractivity contribution in [2.75, 3.05) is 0 Å². The van der Waals surface area contributed by atoms with Crippen LogP contribution in [0.1, 0.15) is 103 Å². The molecule has 8 atom stereocenters. The second-order valence-electron chi connectivity index (χ2n) is 15.6. The average molecular weight is 682 g/mol. The fourth-order valence-electron chi connectivity index (χ4n) is 12.0. The van der Waals surface area contributed by atoms with E-state index in [4.69, 9.17) is 0 Å². The first kappa shape index (κ1) is 31.4. The van der Waals surface area contributed by atoms with Crippen LogP contribution in [-0.2, 0) is 36.5 Å². The summed E-state index contributed by atoms with van der Waals surface area (Å²) in [5.41, 5.74) is 0. The number of fused-ring (bicyclic) bond motifs is 20. The zero-order chi connectivity index (χ0) is 26.2. The van der Waals surface area contributed by atoms with Crippen LogP contribution in [0.5, 0.6) is 0 Å². The first-order valence-electron chi connectivity index (χ1n) is 17.9. The Morgan fingerprint density at radius 3 is 0.476 bits per heavy atom. The van der Waals surface area contributed by atoms with Crippen molar-refractivity contribution in [1.82, 2.24) is 42.5 Å². The molecule has 5 aliphatic heterocycles. The van der Waals surface area contributed by atoms with Gasteiger partial charge in [0.15, 0.2) is 0 Å². The third kappa shape index (κ3) is 5.47. The van der Waals surface area contributed by atoms with Gasteiger partial charge in [-0.15, -0.1) is 0 Å². The molecule has 237 valence electrons. The third-order valence-corrected chi connectivity index (χ3v) is 13.8. The van der Waals surface area contributed by atoms with E-state index in [0.717, 1.165) is 47.3 Å². The predicted molar refractivity (Wildman–Crippen MR) is 157 cm³/mol. The van der Waals surface area contributed by atoms with Gasteiger partial charge in [-0.25, -0.2) is 0 Å². The molecule has 1 radical (unpaired) electrons. The van der Waals surface area contributed by atoms with Gasteiger partial charge in [0, 0.05) is 36.5 Å². The van der Waals surface area contributed by atoms with E-state index >= 15 is 0 Å². The Hall–Kier alpha value is 0.823. The van der Waals surface area contributed by atoms with Crippen LogP contribution in [-0.4, -0.2) is 49.3 Å². The van der Waals surface area contributed by atoms with Crippen LogP contribution in [0.25, 0.3) is 0 Å². The Bertz CT molecular complexity index is 723. The molecule has 5 saturated heterocycles. The summed E-state index contributed by atoms with van der Waals surface area (Å²) in [7, 11) is 0. The summed E-state index contributed by atoms with van der Waals surface area (Å²) in [6, 6.07) is 0. The van der Waals surface area contributed by atoms with E-state index in [9.17, 15) is 0 Å². The van der Waals surface area contributed by atoms with E-state index in [-0.39, 0.29) is 36.5 Å². The average Bonchev–Trinajstić information content (AvgIpc) is 3.73. The molecule has 4 saturated carbocycles. The molecular formula is C32H56CuN8Zn. The van der Waals surface area contributed by atoms with Gasteiger partial charge in [0.1, 0.15) is 0 Å². The topological polar surface area (TPSA) is 96.2 Å². The minimum Gasteiger partial charge on any atom is -0.286 e. The van der Waals surface area contributed by atoms with Crippen molar-refractivity contribution in [3.05, 3.63) is 0 Å². The quantitative estimate of drug-likeness (QED) is 0.185. The number of hydrogen-bond acceptors (Lipinski definition) is 8. The summed E-state index contributed by atoms with van der Waals surface area (Å²) >= 11 is 0. The largest absolute Gasteiger partial charge is 0.286 e. The van der Waals surface area contributed by atoms with Gasteiger partial charge in [-0.05, 0) is 98.7 Å². The summed E-state index contributed by atoms with van der Waals surface area (Å²) in [6.07, 6.45) is 25.6. The van der Waals surface area contributed by atoms with Crippen LogP contribution in [0.2, 0.25) is 0 Å². The molecule has 9 fully saturated rings.